The van der Waals surface area contributed by atoms with Gasteiger partial charge in [0.15, 0.2) is 5.88 Å². The van der Waals surface area contributed by atoms with Gasteiger partial charge in [0.1, 0.15) is 22.9 Å². The van der Waals surface area contributed by atoms with E-state index in [9.17, 15) is 0 Å². The molecule has 0 fully saturated rings. The second-order valence-electron chi connectivity index (χ2n) is 16.5. The van der Waals surface area contributed by atoms with E-state index in [2.05, 4.69) is 127 Å². The maximum Gasteiger partial charge on any atom is 2.00 e. The van der Waals surface area contributed by atoms with Crippen LogP contribution >= 0.6 is 0 Å². The van der Waals surface area contributed by atoms with Crippen LogP contribution in [0.25, 0.3) is 27.6 Å². The average molecular weight is 854 g/mol. The van der Waals surface area contributed by atoms with Crippen molar-refractivity contribution in [2.24, 2.45) is 4.99 Å². The van der Waals surface area contributed by atoms with E-state index >= 15 is 0 Å². The number of rotatable bonds is 3. The molecular formula is C44H42N4O2Pt. The predicted molar refractivity (Wildman–Crippen MR) is 199 cm³/mol. The first-order valence-electron chi connectivity index (χ1n) is 17.6. The molecule has 260 valence electrons. The van der Waals surface area contributed by atoms with Gasteiger partial charge < -0.3 is 14.0 Å². The predicted octanol–water partition coefficient (Wildman–Crippen LogP) is 9.83. The average Bonchev–Trinajstić information content (AvgIpc) is 3.60. The van der Waals surface area contributed by atoms with Crippen LogP contribution < -0.4 is 4.74 Å². The maximum absolute atomic E-state index is 6.71. The first-order chi connectivity index (χ1) is 23.6. The molecule has 51 heavy (non-hydrogen) atoms. The summed E-state index contributed by atoms with van der Waals surface area (Å²) in [6.45, 7) is 22.2. The summed E-state index contributed by atoms with van der Waals surface area (Å²) in [6, 6.07) is 24.6. The minimum absolute atomic E-state index is 0. The van der Waals surface area contributed by atoms with Crippen molar-refractivity contribution in [1.82, 2.24) is 14.5 Å². The van der Waals surface area contributed by atoms with Crippen molar-refractivity contribution in [3.63, 3.8) is 0 Å². The molecule has 6 nitrogen and oxygen atoms in total. The van der Waals surface area contributed by atoms with Crippen molar-refractivity contribution >= 4 is 27.7 Å². The summed E-state index contributed by atoms with van der Waals surface area (Å²) in [5, 5.41) is 2.34. The molecule has 0 bridgehead atoms. The van der Waals surface area contributed by atoms with Crippen molar-refractivity contribution in [1.29, 1.82) is 0 Å². The van der Waals surface area contributed by atoms with E-state index < -0.39 is 11.1 Å². The summed E-state index contributed by atoms with van der Waals surface area (Å²) in [5.74, 6) is 2.44. The first kappa shape index (κ1) is 33.8. The Labute approximate surface area is 314 Å². The first-order valence-corrected chi connectivity index (χ1v) is 17.6. The Morgan fingerprint density at radius 3 is 2.39 bits per heavy atom. The van der Waals surface area contributed by atoms with E-state index in [1.165, 1.54) is 49.8 Å². The van der Waals surface area contributed by atoms with Crippen LogP contribution in [0, 0.1) is 32.9 Å². The monoisotopic (exact) mass is 853 g/mol. The number of benzene rings is 3. The zero-order valence-electron chi connectivity index (χ0n) is 30.9. The Kier molecular flexibility index (Phi) is 7.21. The summed E-state index contributed by atoms with van der Waals surface area (Å²) in [6.07, 6.45) is 4.42. The Hall–Kier alpha value is -4.28. The van der Waals surface area contributed by atoms with Crippen LogP contribution in [0.4, 0.5) is 0 Å². The van der Waals surface area contributed by atoms with Crippen LogP contribution in [0.15, 0.2) is 65.9 Å². The second kappa shape index (κ2) is 10.9. The smallest absolute Gasteiger partial charge is 0.526 e. The number of aryl methyl sites for hydroxylation is 2. The second-order valence-corrected chi connectivity index (χ2v) is 16.5. The minimum atomic E-state index is -0.493. The third-order valence-electron chi connectivity index (χ3n) is 12.0. The van der Waals surface area contributed by atoms with Crippen molar-refractivity contribution in [2.75, 3.05) is 0 Å². The fourth-order valence-electron chi connectivity index (χ4n) is 8.50. The summed E-state index contributed by atoms with van der Waals surface area (Å²) >= 11 is 0. The molecule has 0 unspecified atom stereocenters. The van der Waals surface area contributed by atoms with Gasteiger partial charge in [-0.1, -0.05) is 77.4 Å². The van der Waals surface area contributed by atoms with Gasteiger partial charge in [-0.05, 0) is 84.1 Å². The number of pyridine rings is 2. The molecule has 6 aromatic rings. The molecule has 1 aliphatic carbocycles. The number of hydrogen-bond donors (Lipinski definition) is 0. The van der Waals surface area contributed by atoms with Gasteiger partial charge in [0.25, 0.3) is 0 Å². The van der Waals surface area contributed by atoms with Crippen molar-refractivity contribution in [2.45, 2.75) is 97.6 Å². The van der Waals surface area contributed by atoms with Crippen molar-refractivity contribution in [3.8, 4) is 17.4 Å². The topological polar surface area (TPSA) is 61.5 Å². The van der Waals surface area contributed by atoms with E-state index in [0.29, 0.717) is 17.5 Å². The van der Waals surface area contributed by atoms with Gasteiger partial charge in [0.2, 0.25) is 0 Å². The number of aliphatic imine (C=N–C) groups is 1. The molecule has 3 aliphatic rings. The van der Waals surface area contributed by atoms with Gasteiger partial charge in [-0.25, -0.2) is 9.97 Å². The molecule has 5 heterocycles. The SMILES string of the molecule is Cc1cc2c3cc(C(C)(C)C)cc4c3n(c2[c-]c1Oc1[c-]c(C2=N[C@]3(C)c5ccc(C)c(C)c5C[C@]3(C)O2)ccn1)-c1ncccc1C4(C)C.[Pt+2]. The molecule has 0 N–H and O–H groups in total. The number of ether oxygens (including phenoxy) is 2. The third-order valence-corrected chi connectivity index (χ3v) is 12.0. The van der Waals surface area contributed by atoms with Gasteiger partial charge >= 0.3 is 21.1 Å². The third kappa shape index (κ3) is 4.61. The van der Waals surface area contributed by atoms with Gasteiger partial charge in [-0.15, -0.1) is 34.7 Å². The normalized spacial score (nSPS) is 21.1. The number of aromatic nitrogens is 3. The zero-order chi connectivity index (χ0) is 35.1. The van der Waals surface area contributed by atoms with Crippen molar-refractivity contribution < 1.29 is 30.5 Å². The quantitative estimate of drug-likeness (QED) is 0.167. The van der Waals surface area contributed by atoms with Gasteiger partial charge in [-0.3, -0.25) is 4.99 Å². The van der Waals surface area contributed by atoms with Crippen molar-refractivity contribution in [3.05, 3.63) is 123 Å². The Bertz CT molecular complexity index is 2500. The number of nitrogens with zero attached hydrogens (tertiary/aromatic N) is 4. The maximum atomic E-state index is 6.71. The molecule has 9 rings (SSSR count). The van der Waals surface area contributed by atoms with E-state index in [-0.39, 0.29) is 31.9 Å². The molecule has 0 radical (unpaired) electrons. The largest absolute Gasteiger partial charge is 2.00 e. The van der Waals surface area contributed by atoms with Gasteiger partial charge in [0, 0.05) is 34.9 Å². The fourth-order valence-corrected chi connectivity index (χ4v) is 8.50. The molecule has 0 saturated heterocycles. The van der Waals surface area contributed by atoms with Gasteiger partial charge in [-0.2, -0.15) is 6.07 Å². The summed E-state index contributed by atoms with van der Waals surface area (Å²) in [7, 11) is 0. The molecule has 2 aliphatic heterocycles. The summed E-state index contributed by atoms with van der Waals surface area (Å²) in [4.78, 5) is 14.7. The molecule has 0 spiro atoms. The van der Waals surface area contributed by atoms with E-state index in [0.717, 1.165) is 34.3 Å². The van der Waals surface area contributed by atoms with Crippen LogP contribution in [0.2, 0.25) is 0 Å². The minimum Gasteiger partial charge on any atom is -0.526 e. The van der Waals surface area contributed by atoms with Crippen LogP contribution in [0.3, 0.4) is 0 Å². The van der Waals surface area contributed by atoms with Gasteiger partial charge in [0.05, 0.1) is 0 Å². The molecule has 3 aromatic carbocycles. The zero-order valence-corrected chi connectivity index (χ0v) is 33.2. The molecule has 0 saturated carbocycles. The number of hydrogen-bond acceptors (Lipinski definition) is 5. The standard InChI is InChI=1S/C44H42N4O2.Pt/c1-24-13-14-32-31(26(24)3)23-43(9)44(32,10)47-40(50-43)27-15-17-45-37(19-27)49-36-22-35-29(18-25(36)2)30-20-28(41(4,5)6)21-34-38(30)48(35)39-33(42(34,7)8)12-11-16-46-39;/h11-18,20-21H,23H2,1-10H3;/q-2;+2/t43-,44+;/m0./s1. The molecular weight excluding hydrogens is 812 g/mol. The Morgan fingerprint density at radius 2 is 1.63 bits per heavy atom. The molecule has 3 aromatic heterocycles. The molecule has 7 heteroatoms. The van der Waals surface area contributed by atoms with E-state index in [1.807, 2.05) is 18.3 Å². The van der Waals surface area contributed by atoms with E-state index in [1.54, 1.807) is 6.20 Å². The fraction of sp³-hybridized carbons (Fsp3) is 0.341. The molecule has 2 atom stereocenters. The Balaban J connectivity index is 0.00000374. The molecule has 0 amide bonds. The van der Waals surface area contributed by atoms with E-state index in [4.69, 9.17) is 19.5 Å². The van der Waals surface area contributed by atoms with Crippen LogP contribution in [-0.2, 0) is 48.6 Å². The number of fused-ring (bicyclic) bond motifs is 8. The van der Waals surface area contributed by atoms with Crippen LogP contribution in [-0.4, -0.2) is 26.0 Å². The van der Waals surface area contributed by atoms with Crippen LogP contribution in [0.5, 0.6) is 11.6 Å². The van der Waals surface area contributed by atoms with Crippen LogP contribution in [0.1, 0.15) is 98.5 Å². The summed E-state index contributed by atoms with van der Waals surface area (Å²) in [5.41, 5.74) is 11.6. The Morgan fingerprint density at radius 1 is 0.843 bits per heavy atom. The summed E-state index contributed by atoms with van der Waals surface area (Å²) < 4.78 is 15.5.